The molecule has 0 unspecified atom stereocenters. The minimum Gasteiger partial charge on any atom is -0.339 e. The molecule has 0 aromatic carbocycles. The van der Waals surface area contributed by atoms with Gasteiger partial charge in [-0.15, -0.1) is 0 Å². The summed E-state index contributed by atoms with van der Waals surface area (Å²) >= 11 is 0. The van der Waals surface area contributed by atoms with Gasteiger partial charge in [-0.05, 0) is 6.07 Å². The summed E-state index contributed by atoms with van der Waals surface area (Å²) in [7, 11) is 0. The van der Waals surface area contributed by atoms with Gasteiger partial charge in [0.25, 0.3) is 0 Å². The molecule has 1 fully saturated rings. The molecule has 1 saturated heterocycles. The van der Waals surface area contributed by atoms with Crippen LogP contribution in [0, 0.1) is 0 Å². The van der Waals surface area contributed by atoms with Crippen LogP contribution in [-0.4, -0.2) is 57.6 Å². The zero-order valence-corrected chi connectivity index (χ0v) is 11.4. The first-order valence-electron chi connectivity index (χ1n) is 6.41. The van der Waals surface area contributed by atoms with Crippen molar-refractivity contribution < 1.29 is 22.8 Å². The second-order valence-electron chi connectivity index (χ2n) is 4.78. The van der Waals surface area contributed by atoms with Crippen LogP contribution in [0.1, 0.15) is 12.6 Å². The fourth-order valence-corrected chi connectivity index (χ4v) is 2.11. The van der Waals surface area contributed by atoms with Crippen molar-refractivity contribution in [2.24, 2.45) is 0 Å². The molecule has 0 aliphatic carbocycles. The predicted molar refractivity (Wildman–Crippen MR) is 66.1 cm³/mol. The monoisotopic (exact) mass is 304 g/mol. The molecule has 1 aliphatic heterocycles. The fraction of sp³-hybridized carbons (Fsp3) is 0.583. The van der Waals surface area contributed by atoms with Gasteiger partial charge in [-0.2, -0.15) is 18.3 Å². The summed E-state index contributed by atoms with van der Waals surface area (Å²) in [5.74, 6) is -0.362. The van der Waals surface area contributed by atoms with Crippen LogP contribution in [-0.2, 0) is 22.3 Å². The van der Waals surface area contributed by atoms with Gasteiger partial charge in [0.2, 0.25) is 11.8 Å². The largest absolute Gasteiger partial charge is 0.435 e. The lowest BCUT2D eigenvalue weighted by atomic mass is 10.3. The highest BCUT2D eigenvalue weighted by Gasteiger charge is 2.33. The van der Waals surface area contributed by atoms with E-state index in [2.05, 4.69) is 5.10 Å². The van der Waals surface area contributed by atoms with Crippen LogP contribution >= 0.6 is 0 Å². The number of nitrogens with zero attached hydrogens (tertiary/aromatic N) is 4. The van der Waals surface area contributed by atoms with Crippen LogP contribution in [0.2, 0.25) is 0 Å². The van der Waals surface area contributed by atoms with Crippen molar-refractivity contribution >= 4 is 11.8 Å². The van der Waals surface area contributed by atoms with E-state index in [9.17, 15) is 22.8 Å². The van der Waals surface area contributed by atoms with Crippen LogP contribution < -0.4 is 0 Å². The van der Waals surface area contributed by atoms with Gasteiger partial charge in [0.1, 0.15) is 6.54 Å². The van der Waals surface area contributed by atoms with Gasteiger partial charge in [-0.25, -0.2) is 0 Å². The van der Waals surface area contributed by atoms with Gasteiger partial charge in [0.15, 0.2) is 5.69 Å². The summed E-state index contributed by atoms with van der Waals surface area (Å²) in [5.41, 5.74) is -1.02. The average molecular weight is 304 g/mol. The third-order valence-corrected chi connectivity index (χ3v) is 3.31. The number of carbonyl (C=O) groups excluding carboxylic acids is 2. The number of piperazine rings is 1. The summed E-state index contributed by atoms with van der Waals surface area (Å²) in [6.45, 7) is 2.86. The second-order valence-corrected chi connectivity index (χ2v) is 4.78. The Kier molecular flexibility index (Phi) is 4.19. The van der Waals surface area contributed by atoms with Crippen molar-refractivity contribution in [2.75, 3.05) is 26.2 Å². The topological polar surface area (TPSA) is 58.4 Å². The van der Waals surface area contributed by atoms with Gasteiger partial charge in [-0.1, -0.05) is 0 Å². The van der Waals surface area contributed by atoms with Crippen molar-refractivity contribution in [3.8, 4) is 0 Å². The molecule has 2 heterocycles. The van der Waals surface area contributed by atoms with Crippen molar-refractivity contribution in [3.63, 3.8) is 0 Å². The first kappa shape index (κ1) is 15.3. The van der Waals surface area contributed by atoms with E-state index in [4.69, 9.17) is 0 Å². The molecule has 0 atom stereocenters. The van der Waals surface area contributed by atoms with E-state index in [1.54, 1.807) is 4.90 Å². The molecule has 1 aromatic heterocycles. The lowest BCUT2D eigenvalue weighted by Gasteiger charge is -2.34. The van der Waals surface area contributed by atoms with Crippen LogP contribution in [0.25, 0.3) is 0 Å². The summed E-state index contributed by atoms with van der Waals surface area (Å²) in [6.07, 6.45) is -3.38. The van der Waals surface area contributed by atoms with Gasteiger partial charge >= 0.3 is 6.18 Å². The van der Waals surface area contributed by atoms with Gasteiger partial charge in [-0.3, -0.25) is 14.3 Å². The molecule has 0 radical (unpaired) electrons. The van der Waals surface area contributed by atoms with Crippen LogP contribution in [0.15, 0.2) is 12.3 Å². The molecule has 116 valence electrons. The van der Waals surface area contributed by atoms with E-state index in [0.29, 0.717) is 26.2 Å². The minimum atomic E-state index is -4.51. The van der Waals surface area contributed by atoms with Crippen molar-refractivity contribution in [3.05, 3.63) is 18.0 Å². The Morgan fingerprint density at radius 3 is 2.24 bits per heavy atom. The van der Waals surface area contributed by atoms with Gasteiger partial charge in [0.05, 0.1) is 0 Å². The van der Waals surface area contributed by atoms with E-state index >= 15 is 0 Å². The maximum Gasteiger partial charge on any atom is 0.435 e. The maximum atomic E-state index is 12.4. The van der Waals surface area contributed by atoms with Crippen LogP contribution in [0.4, 0.5) is 13.2 Å². The lowest BCUT2D eigenvalue weighted by Crippen LogP contribution is -2.50. The molecule has 6 nitrogen and oxygen atoms in total. The van der Waals surface area contributed by atoms with E-state index in [-0.39, 0.29) is 18.4 Å². The molecular formula is C12H15F3N4O2. The normalized spacial score (nSPS) is 16.2. The minimum absolute atomic E-state index is 0.0519. The van der Waals surface area contributed by atoms with Crippen LogP contribution in [0.5, 0.6) is 0 Å². The number of halogens is 3. The number of carbonyl (C=O) groups is 2. The lowest BCUT2D eigenvalue weighted by molar-refractivity contribution is -0.142. The van der Waals surface area contributed by atoms with Gasteiger partial charge < -0.3 is 9.80 Å². The molecule has 9 heteroatoms. The maximum absolute atomic E-state index is 12.4. The molecule has 0 N–H and O–H groups in total. The Hall–Kier alpha value is -2.06. The molecule has 21 heavy (non-hydrogen) atoms. The number of amides is 2. The average Bonchev–Trinajstić information content (AvgIpc) is 2.87. The fourth-order valence-electron chi connectivity index (χ4n) is 2.11. The third kappa shape index (κ3) is 3.73. The van der Waals surface area contributed by atoms with Gasteiger partial charge in [0, 0.05) is 39.3 Å². The summed E-state index contributed by atoms with van der Waals surface area (Å²) < 4.78 is 38.2. The molecule has 0 saturated carbocycles. The van der Waals surface area contributed by atoms with E-state index < -0.39 is 11.9 Å². The van der Waals surface area contributed by atoms with Crippen molar-refractivity contribution in [2.45, 2.75) is 19.6 Å². The smallest absolute Gasteiger partial charge is 0.339 e. The second kappa shape index (κ2) is 5.74. The molecule has 1 aromatic rings. The summed E-state index contributed by atoms with van der Waals surface area (Å²) in [6, 6.07) is 0.834. The SMILES string of the molecule is CC(=O)N1CCN(C(=O)Cn2ccc(C(F)(F)F)n2)CC1. The highest BCUT2D eigenvalue weighted by atomic mass is 19.4. The quantitative estimate of drug-likeness (QED) is 0.803. The highest BCUT2D eigenvalue weighted by molar-refractivity contribution is 5.77. The number of rotatable bonds is 2. The Morgan fingerprint density at radius 2 is 1.76 bits per heavy atom. The predicted octanol–water partition coefficient (Wildman–Crippen LogP) is 0.593. The van der Waals surface area contributed by atoms with E-state index in [1.165, 1.54) is 11.8 Å². The molecule has 0 bridgehead atoms. The molecule has 2 rings (SSSR count). The van der Waals surface area contributed by atoms with E-state index in [0.717, 1.165) is 16.9 Å². The molecule has 2 amide bonds. The summed E-state index contributed by atoms with van der Waals surface area (Å²) in [5, 5.41) is 3.34. The van der Waals surface area contributed by atoms with Crippen LogP contribution in [0.3, 0.4) is 0 Å². The standard InChI is InChI=1S/C12H15F3N4O2/c1-9(20)17-4-6-18(7-5-17)11(21)8-19-3-2-10(16-19)12(13,14)15/h2-3H,4-8H2,1H3. The zero-order valence-electron chi connectivity index (χ0n) is 11.4. The molecule has 0 spiro atoms. The first-order valence-corrected chi connectivity index (χ1v) is 6.41. The van der Waals surface area contributed by atoms with Crippen molar-refractivity contribution in [1.29, 1.82) is 0 Å². The number of alkyl halides is 3. The van der Waals surface area contributed by atoms with E-state index in [1.807, 2.05) is 0 Å². The first-order chi connectivity index (χ1) is 9.77. The molecular weight excluding hydrogens is 289 g/mol. The third-order valence-electron chi connectivity index (χ3n) is 3.31. The Morgan fingerprint density at radius 1 is 1.19 bits per heavy atom. The zero-order chi connectivity index (χ0) is 15.6. The Labute approximate surface area is 119 Å². The Bertz CT molecular complexity index is 533. The summed E-state index contributed by atoms with van der Waals surface area (Å²) in [4.78, 5) is 26.3. The number of hydrogen-bond donors (Lipinski definition) is 0. The molecule has 1 aliphatic rings. The Balaban J connectivity index is 1.91. The number of hydrogen-bond acceptors (Lipinski definition) is 3. The van der Waals surface area contributed by atoms with Crippen molar-refractivity contribution in [1.82, 2.24) is 19.6 Å². The highest BCUT2D eigenvalue weighted by Crippen LogP contribution is 2.27. The number of aromatic nitrogens is 2.